The number of aliphatic hydroxyl groups excluding tert-OH is 1. The van der Waals surface area contributed by atoms with Gasteiger partial charge in [0.25, 0.3) is 0 Å². The third-order valence-electron chi connectivity index (χ3n) is 3.61. The minimum atomic E-state index is -0.403. The predicted octanol–water partition coefficient (Wildman–Crippen LogP) is 3.31. The van der Waals surface area contributed by atoms with Gasteiger partial charge in [-0.25, -0.2) is 0 Å². The first kappa shape index (κ1) is 16.6. The van der Waals surface area contributed by atoms with Crippen molar-refractivity contribution in [1.29, 1.82) is 0 Å². The Balaban J connectivity index is 1.85. The van der Waals surface area contributed by atoms with E-state index in [4.69, 9.17) is 4.74 Å². The number of aliphatic hydroxyl groups is 1. The van der Waals surface area contributed by atoms with Crippen LogP contribution in [0.1, 0.15) is 43.7 Å². The summed E-state index contributed by atoms with van der Waals surface area (Å²) in [7, 11) is 0. The van der Waals surface area contributed by atoms with Gasteiger partial charge in [0.05, 0.1) is 30.7 Å². The average molecular weight is 300 g/mol. The first-order valence-corrected chi connectivity index (χ1v) is 7.69. The summed E-state index contributed by atoms with van der Waals surface area (Å²) < 4.78 is 5.80. The summed E-state index contributed by atoms with van der Waals surface area (Å²) in [5, 5.41) is 10.0. The van der Waals surface area contributed by atoms with Gasteiger partial charge in [-0.2, -0.15) is 0 Å². The highest BCUT2D eigenvalue weighted by Gasteiger charge is 2.12. The number of nitrogens with zero attached hydrogens (tertiary/aromatic N) is 2. The molecule has 1 heterocycles. The highest BCUT2D eigenvalue weighted by Crippen LogP contribution is 2.21. The third-order valence-corrected chi connectivity index (χ3v) is 3.61. The summed E-state index contributed by atoms with van der Waals surface area (Å²) >= 11 is 0. The SMILES string of the molecule is CC(Cc1ccc(C(O)C(C)C)cc1)OCc1cnccn1. The van der Waals surface area contributed by atoms with E-state index in [1.54, 1.807) is 18.6 Å². The van der Waals surface area contributed by atoms with E-state index in [2.05, 4.69) is 22.1 Å². The van der Waals surface area contributed by atoms with E-state index in [-0.39, 0.29) is 12.0 Å². The Bertz CT molecular complexity index is 555. The van der Waals surface area contributed by atoms with Gasteiger partial charge in [0.15, 0.2) is 0 Å². The van der Waals surface area contributed by atoms with Crippen LogP contribution < -0.4 is 0 Å². The van der Waals surface area contributed by atoms with E-state index in [1.807, 2.05) is 32.9 Å². The van der Waals surface area contributed by atoms with Crippen LogP contribution >= 0.6 is 0 Å². The molecule has 2 atom stereocenters. The van der Waals surface area contributed by atoms with Gasteiger partial charge in [-0.1, -0.05) is 38.1 Å². The summed E-state index contributed by atoms with van der Waals surface area (Å²) in [5.74, 6) is 0.222. The molecule has 118 valence electrons. The Kier molecular flexibility index (Phi) is 6.04. The summed E-state index contributed by atoms with van der Waals surface area (Å²) in [5.41, 5.74) is 3.00. The molecule has 0 fully saturated rings. The van der Waals surface area contributed by atoms with Gasteiger partial charge >= 0.3 is 0 Å². The lowest BCUT2D eigenvalue weighted by atomic mass is 9.97. The van der Waals surface area contributed by atoms with E-state index >= 15 is 0 Å². The molecule has 0 saturated carbocycles. The first-order chi connectivity index (χ1) is 10.6. The third kappa shape index (κ3) is 4.90. The predicted molar refractivity (Wildman–Crippen MR) is 86.2 cm³/mol. The number of benzene rings is 1. The monoisotopic (exact) mass is 300 g/mol. The highest BCUT2D eigenvalue weighted by molar-refractivity contribution is 5.24. The van der Waals surface area contributed by atoms with Crippen molar-refractivity contribution in [3.63, 3.8) is 0 Å². The van der Waals surface area contributed by atoms with Crippen LogP contribution in [0.5, 0.6) is 0 Å². The Morgan fingerprint density at radius 3 is 2.41 bits per heavy atom. The number of ether oxygens (including phenoxy) is 1. The summed E-state index contributed by atoms with van der Waals surface area (Å²) in [6, 6.07) is 8.11. The van der Waals surface area contributed by atoms with Crippen LogP contribution in [-0.2, 0) is 17.8 Å². The van der Waals surface area contributed by atoms with Crippen LogP contribution in [-0.4, -0.2) is 21.2 Å². The fraction of sp³-hybridized carbons (Fsp3) is 0.444. The van der Waals surface area contributed by atoms with Crippen LogP contribution in [0.3, 0.4) is 0 Å². The zero-order valence-electron chi connectivity index (χ0n) is 13.4. The zero-order chi connectivity index (χ0) is 15.9. The Labute approximate surface area is 132 Å². The van der Waals surface area contributed by atoms with Gasteiger partial charge in [-0.15, -0.1) is 0 Å². The molecule has 4 nitrogen and oxygen atoms in total. The molecule has 1 aromatic heterocycles. The first-order valence-electron chi connectivity index (χ1n) is 7.69. The Morgan fingerprint density at radius 1 is 1.09 bits per heavy atom. The molecule has 1 N–H and O–H groups in total. The standard InChI is InChI=1S/C18H24N2O2/c1-13(2)18(21)16-6-4-15(5-7-16)10-14(3)22-12-17-11-19-8-9-20-17/h4-9,11,13-14,18,21H,10,12H2,1-3H3. The van der Waals surface area contributed by atoms with Gasteiger partial charge < -0.3 is 9.84 Å². The number of hydrogen-bond acceptors (Lipinski definition) is 4. The zero-order valence-corrected chi connectivity index (χ0v) is 13.4. The van der Waals surface area contributed by atoms with E-state index in [0.29, 0.717) is 6.61 Å². The maximum Gasteiger partial charge on any atom is 0.0907 e. The largest absolute Gasteiger partial charge is 0.388 e. The molecule has 2 unspecified atom stereocenters. The summed E-state index contributed by atoms with van der Waals surface area (Å²) in [6.07, 6.45) is 5.57. The maximum absolute atomic E-state index is 10.0. The molecule has 0 aliphatic heterocycles. The normalized spacial score (nSPS) is 14.0. The second-order valence-electron chi connectivity index (χ2n) is 5.95. The molecule has 4 heteroatoms. The Hall–Kier alpha value is -1.78. The van der Waals surface area contributed by atoms with Crippen molar-refractivity contribution in [1.82, 2.24) is 9.97 Å². The second-order valence-corrected chi connectivity index (χ2v) is 5.95. The molecule has 2 rings (SSSR count). The minimum absolute atomic E-state index is 0.0999. The van der Waals surface area contributed by atoms with E-state index in [0.717, 1.165) is 17.7 Å². The molecule has 0 saturated heterocycles. The number of hydrogen-bond donors (Lipinski definition) is 1. The smallest absolute Gasteiger partial charge is 0.0907 e. The van der Waals surface area contributed by atoms with Crippen LogP contribution in [0.2, 0.25) is 0 Å². The van der Waals surface area contributed by atoms with Gasteiger partial charge in [-0.05, 0) is 30.4 Å². The molecule has 2 aromatic rings. The summed E-state index contributed by atoms with van der Waals surface area (Å²) in [4.78, 5) is 8.21. The molecular formula is C18H24N2O2. The fourth-order valence-corrected chi connectivity index (χ4v) is 2.26. The highest BCUT2D eigenvalue weighted by atomic mass is 16.5. The van der Waals surface area contributed by atoms with Crippen LogP contribution in [0.25, 0.3) is 0 Å². The molecule has 0 spiro atoms. The molecular weight excluding hydrogens is 276 g/mol. The number of aromatic nitrogens is 2. The quantitative estimate of drug-likeness (QED) is 0.852. The van der Waals surface area contributed by atoms with Gasteiger partial charge in [0.1, 0.15) is 0 Å². The van der Waals surface area contributed by atoms with Crippen molar-refractivity contribution < 1.29 is 9.84 Å². The van der Waals surface area contributed by atoms with Crippen LogP contribution in [0.4, 0.5) is 0 Å². The van der Waals surface area contributed by atoms with Crippen molar-refractivity contribution in [2.45, 2.75) is 46.0 Å². The second kappa shape index (κ2) is 8.01. The molecule has 0 radical (unpaired) electrons. The van der Waals surface area contributed by atoms with Gasteiger partial charge in [0, 0.05) is 12.4 Å². The fourth-order valence-electron chi connectivity index (χ4n) is 2.26. The van der Waals surface area contributed by atoms with E-state index in [1.165, 1.54) is 5.56 Å². The average Bonchev–Trinajstić information content (AvgIpc) is 2.54. The molecule has 22 heavy (non-hydrogen) atoms. The lowest BCUT2D eigenvalue weighted by Crippen LogP contribution is -2.12. The van der Waals surface area contributed by atoms with Crippen molar-refractivity contribution >= 4 is 0 Å². The van der Waals surface area contributed by atoms with Gasteiger partial charge in [0.2, 0.25) is 0 Å². The molecule has 1 aromatic carbocycles. The van der Waals surface area contributed by atoms with Gasteiger partial charge in [-0.3, -0.25) is 9.97 Å². The Morgan fingerprint density at radius 2 is 1.82 bits per heavy atom. The molecule has 0 bridgehead atoms. The molecule has 0 aliphatic rings. The molecule has 0 aliphatic carbocycles. The topological polar surface area (TPSA) is 55.2 Å². The van der Waals surface area contributed by atoms with Crippen LogP contribution in [0.15, 0.2) is 42.9 Å². The van der Waals surface area contributed by atoms with Crippen molar-refractivity contribution in [2.24, 2.45) is 5.92 Å². The molecule has 0 amide bonds. The lowest BCUT2D eigenvalue weighted by molar-refractivity contribution is 0.0513. The number of rotatable bonds is 7. The maximum atomic E-state index is 10.0. The minimum Gasteiger partial charge on any atom is -0.388 e. The van der Waals surface area contributed by atoms with Crippen LogP contribution in [0, 0.1) is 5.92 Å². The van der Waals surface area contributed by atoms with E-state index in [9.17, 15) is 5.11 Å². The summed E-state index contributed by atoms with van der Waals surface area (Å²) in [6.45, 7) is 6.55. The van der Waals surface area contributed by atoms with Crippen molar-refractivity contribution in [3.05, 3.63) is 59.7 Å². The van der Waals surface area contributed by atoms with Crippen molar-refractivity contribution in [3.8, 4) is 0 Å². The van der Waals surface area contributed by atoms with Crippen molar-refractivity contribution in [2.75, 3.05) is 0 Å². The lowest BCUT2D eigenvalue weighted by Gasteiger charge is -2.16. The van der Waals surface area contributed by atoms with E-state index < -0.39 is 6.10 Å².